The summed E-state index contributed by atoms with van der Waals surface area (Å²) in [4.78, 5) is 13.8. The van der Waals surface area contributed by atoms with Crippen LogP contribution < -0.4 is 5.73 Å². The topological polar surface area (TPSA) is 83.7 Å². The number of benzene rings is 1. The molecule has 0 aliphatic carbocycles. The Kier molecular flexibility index (Phi) is 11.1. The number of sulfonamides is 1. The van der Waals surface area contributed by atoms with Crippen LogP contribution in [0.1, 0.15) is 33.1 Å². The van der Waals surface area contributed by atoms with Gasteiger partial charge in [0.15, 0.2) is 0 Å². The maximum absolute atomic E-state index is 12.9. The van der Waals surface area contributed by atoms with Crippen molar-refractivity contribution in [2.75, 3.05) is 27.2 Å². The van der Waals surface area contributed by atoms with Crippen LogP contribution in [0.25, 0.3) is 0 Å². The number of amides is 1. The van der Waals surface area contributed by atoms with Crippen molar-refractivity contribution in [2.24, 2.45) is 11.7 Å². The van der Waals surface area contributed by atoms with Gasteiger partial charge >= 0.3 is 0 Å². The molecular weight excluding hydrogens is 393 g/mol. The first-order chi connectivity index (χ1) is 12.1. The lowest BCUT2D eigenvalue weighted by Crippen LogP contribution is -2.35. The molecule has 1 atom stereocenters. The second-order valence-electron chi connectivity index (χ2n) is 6.90. The third-order valence-corrected chi connectivity index (χ3v) is 6.34. The van der Waals surface area contributed by atoms with Crippen molar-refractivity contribution in [1.29, 1.82) is 0 Å². The molecule has 9 heteroatoms. The van der Waals surface area contributed by atoms with Crippen LogP contribution in [-0.4, -0.2) is 56.8 Å². The zero-order chi connectivity index (χ0) is 19.9. The number of hydrogen-bond acceptors (Lipinski definition) is 4. The number of rotatable bonds is 10. The Bertz CT molecular complexity index is 684. The Balaban J connectivity index is 0.00000676. The van der Waals surface area contributed by atoms with Crippen LogP contribution in [0.4, 0.5) is 4.39 Å². The van der Waals surface area contributed by atoms with Crippen molar-refractivity contribution >= 4 is 28.3 Å². The summed E-state index contributed by atoms with van der Waals surface area (Å²) in [6, 6.07) is 4.75. The molecule has 27 heavy (non-hydrogen) atoms. The molecule has 1 aromatic rings. The van der Waals surface area contributed by atoms with Gasteiger partial charge in [0.05, 0.1) is 4.90 Å². The van der Waals surface area contributed by atoms with E-state index in [1.165, 1.54) is 23.5 Å². The summed E-state index contributed by atoms with van der Waals surface area (Å²) in [5.74, 6) is -0.158. The second-order valence-corrected chi connectivity index (χ2v) is 8.94. The SMILES string of the molecule is CC(C)C(N)CCN(C)C(=O)CCCN(C)S(=O)(=O)c1ccc(F)cc1.Cl. The van der Waals surface area contributed by atoms with Gasteiger partial charge in [-0.2, -0.15) is 0 Å². The fraction of sp³-hybridized carbons (Fsp3) is 0.611. The predicted octanol–water partition coefficient (Wildman–Crippen LogP) is 2.48. The van der Waals surface area contributed by atoms with Gasteiger partial charge in [-0.3, -0.25) is 4.79 Å². The lowest BCUT2D eigenvalue weighted by atomic mass is 10.0. The highest BCUT2D eigenvalue weighted by atomic mass is 35.5. The minimum absolute atomic E-state index is 0. The zero-order valence-electron chi connectivity index (χ0n) is 16.4. The summed E-state index contributed by atoms with van der Waals surface area (Å²) in [7, 11) is -0.496. The molecular formula is C18H31ClFN3O3S. The van der Waals surface area contributed by atoms with E-state index < -0.39 is 15.8 Å². The Morgan fingerprint density at radius 2 is 1.70 bits per heavy atom. The summed E-state index contributed by atoms with van der Waals surface area (Å²) < 4.78 is 38.9. The van der Waals surface area contributed by atoms with Crippen LogP contribution in [0, 0.1) is 11.7 Å². The summed E-state index contributed by atoms with van der Waals surface area (Å²) in [6.45, 7) is 4.89. The van der Waals surface area contributed by atoms with Gasteiger partial charge in [0.25, 0.3) is 0 Å². The molecule has 0 bridgehead atoms. The highest BCUT2D eigenvalue weighted by molar-refractivity contribution is 7.89. The molecule has 0 fully saturated rings. The van der Waals surface area contributed by atoms with E-state index in [1.54, 1.807) is 11.9 Å². The number of carbonyl (C=O) groups is 1. The number of hydrogen-bond donors (Lipinski definition) is 1. The van der Waals surface area contributed by atoms with Crippen LogP contribution in [-0.2, 0) is 14.8 Å². The fourth-order valence-electron chi connectivity index (χ4n) is 2.35. The van der Waals surface area contributed by atoms with Crippen LogP contribution in [0.5, 0.6) is 0 Å². The summed E-state index contributed by atoms with van der Waals surface area (Å²) in [5.41, 5.74) is 5.98. The van der Waals surface area contributed by atoms with E-state index in [0.29, 0.717) is 18.9 Å². The van der Waals surface area contributed by atoms with Crippen LogP contribution in [0.2, 0.25) is 0 Å². The molecule has 0 aromatic heterocycles. The number of nitrogens with two attached hydrogens (primary N) is 1. The van der Waals surface area contributed by atoms with Crippen LogP contribution in [0.3, 0.4) is 0 Å². The summed E-state index contributed by atoms with van der Waals surface area (Å²) in [6.07, 6.45) is 1.41. The van der Waals surface area contributed by atoms with Crippen molar-refractivity contribution in [3.05, 3.63) is 30.1 Å². The first-order valence-electron chi connectivity index (χ1n) is 8.77. The van der Waals surface area contributed by atoms with E-state index in [9.17, 15) is 17.6 Å². The predicted molar refractivity (Wildman–Crippen MR) is 108 cm³/mol. The fourth-order valence-corrected chi connectivity index (χ4v) is 3.56. The average Bonchev–Trinajstić information content (AvgIpc) is 2.59. The number of carbonyl (C=O) groups excluding carboxylic acids is 1. The normalized spacial score (nSPS) is 12.7. The maximum atomic E-state index is 12.9. The first kappa shape index (κ1) is 25.8. The molecule has 1 unspecified atom stereocenters. The standard InChI is InChI=1S/C18H30FN3O3S.ClH/c1-14(2)17(20)11-13-21(3)18(23)6-5-12-22(4)26(24,25)16-9-7-15(19)8-10-16;/h7-10,14,17H,5-6,11-13,20H2,1-4H3;1H. The van der Waals surface area contributed by atoms with E-state index in [-0.39, 0.29) is 42.2 Å². The molecule has 0 aliphatic rings. The highest BCUT2D eigenvalue weighted by Crippen LogP contribution is 2.15. The third kappa shape index (κ3) is 8.13. The third-order valence-electron chi connectivity index (χ3n) is 4.47. The minimum atomic E-state index is -3.68. The van der Waals surface area contributed by atoms with Crippen LogP contribution >= 0.6 is 12.4 Å². The molecule has 0 saturated carbocycles. The molecule has 0 aliphatic heterocycles. The molecule has 1 aromatic carbocycles. The van der Waals surface area contributed by atoms with E-state index in [1.807, 2.05) is 13.8 Å². The van der Waals surface area contributed by atoms with Gasteiger partial charge in [0.2, 0.25) is 15.9 Å². The van der Waals surface area contributed by atoms with Crippen molar-refractivity contribution in [3.63, 3.8) is 0 Å². The first-order valence-corrected chi connectivity index (χ1v) is 10.2. The average molecular weight is 424 g/mol. The molecule has 0 spiro atoms. The molecule has 1 amide bonds. The van der Waals surface area contributed by atoms with Crippen LogP contribution in [0.15, 0.2) is 29.2 Å². The molecule has 0 saturated heterocycles. The van der Waals surface area contributed by atoms with E-state index in [0.717, 1.165) is 18.6 Å². The molecule has 6 nitrogen and oxygen atoms in total. The highest BCUT2D eigenvalue weighted by Gasteiger charge is 2.21. The van der Waals surface area contributed by atoms with Crippen molar-refractivity contribution in [1.82, 2.24) is 9.21 Å². The smallest absolute Gasteiger partial charge is 0.242 e. The Labute approximate surface area is 168 Å². The quantitative estimate of drug-likeness (QED) is 0.626. The van der Waals surface area contributed by atoms with Gasteiger partial charge in [-0.25, -0.2) is 17.1 Å². The molecule has 156 valence electrons. The van der Waals surface area contributed by atoms with Gasteiger partial charge in [-0.1, -0.05) is 13.8 Å². The number of halogens is 2. The second kappa shape index (κ2) is 11.6. The van der Waals surface area contributed by atoms with E-state index >= 15 is 0 Å². The van der Waals surface area contributed by atoms with Gasteiger partial charge in [0, 0.05) is 39.6 Å². The summed E-state index contributed by atoms with van der Waals surface area (Å²) >= 11 is 0. The van der Waals surface area contributed by atoms with E-state index in [2.05, 4.69) is 0 Å². The Morgan fingerprint density at radius 3 is 2.22 bits per heavy atom. The lowest BCUT2D eigenvalue weighted by molar-refractivity contribution is -0.130. The number of nitrogens with zero attached hydrogens (tertiary/aromatic N) is 2. The van der Waals surface area contributed by atoms with Crippen molar-refractivity contribution in [2.45, 2.75) is 44.0 Å². The largest absolute Gasteiger partial charge is 0.346 e. The monoisotopic (exact) mass is 423 g/mol. The molecule has 0 heterocycles. The molecule has 0 radical (unpaired) electrons. The lowest BCUT2D eigenvalue weighted by Gasteiger charge is -2.22. The minimum Gasteiger partial charge on any atom is -0.346 e. The summed E-state index contributed by atoms with van der Waals surface area (Å²) in [5, 5.41) is 0. The van der Waals surface area contributed by atoms with Gasteiger partial charge in [0.1, 0.15) is 5.82 Å². The van der Waals surface area contributed by atoms with Crippen molar-refractivity contribution < 1.29 is 17.6 Å². The molecule has 1 rings (SSSR count). The van der Waals surface area contributed by atoms with Gasteiger partial charge < -0.3 is 10.6 Å². The van der Waals surface area contributed by atoms with Crippen molar-refractivity contribution in [3.8, 4) is 0 Å². The maximum Gasteiger partial charge on any atom is 0.242 e. The van der Waals surface area contributed by atoms with Gasteiger partial charge in [-0.15, -0.1) is 12.4 Å². The Hall–Kier alpha value is -1.22. The van der Waals surface area contributed by atoms with Gasteiger partial charge in [-0.05, 0) is 43.0 Å². The zero-order valence-corrected chi connectivity index (χ0v) is 18.0. The molecule has 2 N–H and O–H groups in total. The van der Waals surface area contributed by atoms with E-state index in [4.69, 9.17) is 5.73 Å². The Morgan fingerprint density at radius 1 is 1.15 bits per heavy atom.